The smallest absolute Gasteiger partial charge is 0.321 e. The minimum absolute atomic E-state index is 0.0926. The monoisotopic (exact) mass is 373 g/mol. The summed E-state index contributed by atoms with van der Waals surface area (Å²) < 4.78 is 15.4. The fourth-order valence-electron chi connectivity index (χ4n) is 2.57. The van der Waals surface area contributed by atoms with Gasteiger partial charge >= 0.3 is 5.97 Å². The summed E-state index contributed by atoms with van der Waals surface area (Å²) in [7, 11) is 2.88. The Morgan fingerprint density at radius 1 is 1.07 bits per heavy atom. The summed E-state index contributed by atoms with van der Waals surface area (Å²) in [5.74, 6) is -1.81. The van der Waals surface area contributed by atoms with Gasteiger partial charge in [0, 0.05) is 18.2 Å². The molecule has 0 aromatic heterocycles. The van der Waals surface area contributed by atoms with Gasteiger partial charge in [0.2, 0.25) is 0 Å². The predicted octanol–water partition coefficient (Wildman–Crippen LogP) is 3.14. The average molecular weight is 373 g/mol. The maximum absolute atomic E-state index is 13.1. The summed E-state index contributed by atoms with van der Waals surface area (Å²) >= 11 is 0. The standard InChI is InChI=1S/C19H19NO7/c1-4-27-19(22)17(12-5-7-13(8-6-12)20(23)24)18(21)15-10-9-14(25-2)11-16(15)26-3/h5-11,17H,4H2,1-3H3. The molecule has 0 aliphatic carbocycles. The first-order chi connectivity index (χ1) is 12.9. The van der Waals surface area contributed by atoms with Crippen molar-refractivity contribution in [2.24, 2.45) is 0 Å². The van der Waals surface area contributed by atoms with Gasteiger partial charge in [0.05, 0.1) is 31.3 Å². The zero-order valence-electron chi connectivity index (χ0n) is 15.1. The van der Waals surface area contributed by atoms with Gasteiger partial charge in [-0.3, -0.25) is 19.7 Å². The number of carbonyl (C=O) groups excluding carboxylic acids is 2. The lowest BCUT2D eigenvalue weighted by Crippen LogP contribution is -2.25. The lowest BCUT2D eigenvalue weighted by molar-refractivity contribution is -0.384. The fourth-order valence-corrected chi connectivity index (χ4v) is 2.57. The summed E-state index contributed by atoms with van der Waals surface area (Å²) in [6.45, 7) is 1.72. The van der Waals surface area contributed by atoms with Crippen molar-refractivity contribution >= 4 is 17.4 Å². The van der Waals surface area contributed by atoms with E-state index in [2.05, 4.69) is 0 Å². The summed E-state index contributed by atoms with van der Waals surface area (Å²) in [4.78, 5) is 35.8. The molecule has 0 N–H and O–H groups in total. The average Bonchev–Trinajstić information content (AvgIpc) is 2.68. The van der Waals surface area contributed by atoms with E-state index < -0.39 is 22.6 Å². The number of esters is 1. The highest BCUT2D eigenvalue weighted by Gasteiger charge is 2.33. The van der Waals surface area contributed by atoms with Gasteiger partial charge in [0.25, 0.3) is 5.69 Å². The number of rotatable bonds is 8. The van der Waals surface area contributed by atoms with Crippen LogP contribution in [-0.2, 0) is 9.53 Å². The Morgan fingerprint density at radius 2 is 1.74 bits per heavy atom. The minimum atomic E-state index is -1.27. The summed E-state index contributed by atoms with van der Waals surface area (Å²) in [5, 5.41) is 10.8. The molecule has 2 rings (SSSR count). The number of carbonyl (C=O) groups is 2. The van der Waals surface area contributed by atoms with Crippen LogP contribution < -0.4 is 9.47 Å². The van der Waals surface area contributed by atoms with Crippen LogP contribution in [0.15, 0.2) is 42.5 Å². The van der Waals surface area contributed by atoms with E-state index in [1.54, 1.807) is 13.0 Å². The van der Waals surface area contributed by atoms with Gasteiger partial charge in [0.1, 0.15) is 17.4 Å². The van der Waals surface area contributed by atoms with Gasteiger partial charge in [-0.15, -0.1) is 0 Å². The fraction of sp³-hybridized carbons (Fsp3) is 0.263. The maximum Gasteiger partial charge on any atom is 0.321 e. The van der Waals surface area contributed by atoms with Crippen LogP contribution in [0.25, 0.3) is 0 Å². The molecular weight excluding hydrogens is 354 g/mol. The first-order valence-corrected chi connectivity index (χ1v) is 8.10. The third kappa shape index (κ3) is 4.41. The summed E-state index contributed by atoms with van der Waals surface area (Å²) in [6.07, 6.45) is 0. The second kappa shape index (κ2) is 8.79. The van der Waals surface area contributed by atoms with Gasteiger partial charge in [-0.05, 0) is 24.6 Å². The number of non-ortho nitro benzene ring substituents is 1. The number of hydrogen-bond donors (Lipinski definition) is 0. The van der Waals surface area contributed by atoms with Crippen molar-refractivity contribution in [1.82, 2.24) is 0 Å². The van der Waals surface area contributed by atoms with Crippen LogP contribution in [0.5, 0.6) is 11.5 Å². The van der Waals surface area contributed by atoms with E-state index in [9.17, 15) is 19.7 Å². The maximum atomic E-state index is 13.1. The van der Waals surface area contributed by atoms with Crippen molar-refractivity contribution in [2.75, 3.05) is 20.8 Å². The Labute approximate surface area is 155 Å². The first kappa shape index (κ1) is 19.9. The number of methoxy groups -OCH3 is 2. The SMILES string of the molecule is CCOC(=O)C(C(=O)c1ccc(OC)cc1OC)c1ccc([N+](=O)[O-])cc1. The van der Waals surface area contributed by atoms with Crippen molar-refractivity contribution in [2.45, 2.75) is 12.8 Å². The molecule has 0 fully saturated rings. The molecule has 0 saturated heterocycles. The quantitative estimate of drug-likeness (QED) is 0.230. The largest absolute Gasteiger partial charge is 0.497 e. The molecular formula is C19H19NO7. The topological polar surface area (TPSA) is 105 Å². The third-order valence-electron chi connectivity index (χ3n) is 3.90. The number of hydrogen-bond acceptors (Lipinski definition) is 7. The van der Waals surface area contributed by atoms with Gasteiger partial charge in [-0.1, -0.05) is 12.1 Å². The minimum Gasteiger partial charge on any atom is -0.497 e. The van der Waals surface area contributed by atoms with E-state index in [0.717, 1.165) is 0 Å². The molecule has 27 heavy (non-hydrogen) atoms. The molecule has 142 valence electrons. The number of nitrogens with zero attached hydrogens (tertiary/aromatic N) is 1. The highest BCUT2D eigenvalue weighted by atomic mass is 16.6. The molecule has 8 nitrogen and oxygen atoms in total. The predicted molar refractivity (Wildman–Crippen MR) is 96.3 cm³/mol. The summed E-state index contributed by atoms with van der Waals surface area (Å²) in [5.41, 5.74) is 0.326. The lowest BCUT2D eigenvalue weighted by atomic mass is 9.90. The van der Waals surface area contributed by atoms with Crippen LogP contribution >= 0.6 is 0 Å². The molecule has 1 unspecified atom stereocenters. The van der Waals surface area contributed by atoms with Crippen LogP contribution in [-0.4, -0.2) is 37.5 Å². The lowest BCUT2D eigenvalue weighted by Gasteiger charge is -2.17. The van der Waals surface area contributed by atoms with E-state index in [0.29, 0.717) is 11.3 Å². The zero-order chi connectivity index (χ0) is 20.0. The van der Waals surface area contributed by atoms with E-state index in [-0.39, 0.29) is 23.6 Å². The molecule has 0 saturated carbocycles. The van der Waals surface area contributed by atoms with Crippen LogP contribution in [0.2, 0.25) is 0 Å². The Morgan fingerprint density at radius 3 is 2.26 bits per heavy atom. The molecule has 0 spiro atoms. The Hall–Kier alpha value is -3.42. The molecule has 0 amide bonds. The zero-order valence-corrected chi connectivity index (χ0v) is 15.1. The van der Waals surface area contributed by atoms with E-state index in [1.807, 2.05) is 0 Å². The van der Waals surface area contributed by atoms with Crippen LogP contribution in [0.3, 0.4) is 0 Å². The normalized spacial score (nSPS) is 11.4. The second-order valence-corrected chi connectivity index (χ2v) is 5.46. The molecule has 0 aliphatic heterocycles. The summed E-state index contributed by atoms with van der Waals surface area (Å²) in [6, 6.07) is 9.82. The molecule has 0 heterocycles. The molecule has 0 aliphatic rings. The molecule has 0 radical (unpaired) electrons. The van der Waals surface area contributed by atoms with Crippen molar-refractivity contribution in [3.8, 4) is 11.5 Å². The van der Waals surface area contributed by atoms with Crippen molar-refractivity contribution in [3.63, 3.8) is 0 Å². The second-order valence-electron chi connectivity index (χ2n) is 5.46. The van der Waals surface area contributed by atoms with Gasteiger partial charge in [0.15, 0.2) is 5.78 Å². The molecule has 1 atom stereocenters. The number of ketones is 1. The van der Waals surface area contributed by atoms with Crippen LogP contribution in [0.1, 0.15) is 28.8 Å². The van der Waals surface area contributed by atoms with Crippen molar-refractivity contribution in [1.29, 1.82) is 0 Å². The van der Waals surface area contributed by atoms with Crippen LogP contribution in [0.4, 0.5) is 5.69 Å². The van der Waals surface area contributed by atoms with E-state index >= 15 is 0 Å². The van der Waals surface area contributed by atoms with Crippen molar-refractivity contribution in [3.05, 3.63) is 63.7 Å². The highest BCUT2D eigenvalue weighted by Crippen LogP contribution is 2.31. The highest BCUT2D eigenvalue weighted by molar-refractivity contribution is 6.14. The molecule has 0 bridgehead atoms. The number of nitro groups is 1. The Kier molecular flexibility index (Phi) is 6.48. The van der Waals surface area contributed by atoms with E-state index in [4.69, 9.17) is 14.2 Å². The van der Waals surface area contributed by atoms with Gasteiger partial charge in [-0.25, -0.2) is 0 Å². The molecule has 2 aromatic carbocycles. The Bertz CT molecular complexity index is 846. The number of nitro benzene ring substituents is 1. The van der Waals surface area contributed by atoms with Crippen LogP contribution in [0, 0.1) is 10.1 Å². The van der Waals surface area contributed by atoms with Gasteiger partial charge < -0.3 is 14.2 Å². The number of ether oxygens (including phenoxy) is 3. The van der Waals surface area contributed by atoms with E-state index in [1.165, 1.54) is 50.6 Å². The molecule has 2 aromatic rings. The van der Waals surface area contributed by atoms with Crippen molar-refractivity contribution < 1.29 is 28.7 Å². The number of benzene rings is 2. The Balaban J connectivity index is 2.49. The van der Waals surface area contributed by atoms with Gasteiger partial charge in [-0.2, -0.15) is 0 Å². The first-order valence-electron chi connectivity index (χ1n) is 8.10. The molecule has 8 heteroatoms. The number of Topliss-reactive ketones (excluding diaryl/α,β-unsaturated/α-hetero) is 1. The third-order valence-corrected chi connectivity index (χ3v) is 3.90.